The third-order valence-electron chi connectivity index (χ3n) is 3.67. The van der Waals surface area contributed by atoms with Gasteiger partial charge in [0, 0.05) is 19.3 Å². The summed E-state index contributed by atoms with van der Waals surface area (Å²) in [5, 5.41) is 3.57. The molecule has 0 radical (unpaired) electrons. The molecule has 2 rings (SSSR count). The van der Waals surface area contributed by atoms with Crippen molar-refractivity contribution in [2.24, 2.45) is 5.92 Å². The summed E-state index contributed by atoms with van der Waals surface area (Å²) in [5.74, 6) is 1.02. The summed E-state index contributed by atoms with van der Waals surface area (Å²) in [4.78, 5) is 0. The van der Waals surface area contributed by atoms with Gasteiger partial charge in [-0.15, -0.1) is 0 Å². The molecule has 100 valence electrons. The molecule has 2 fully saturated rings. The molecule has 0 aromatic rings. The summed E-state index contributed by atoms with van der Waals surface area (Å²) in [6.07, 6.45) is 8.13. The van der Waals surface area contributed by atoms with E-state index in [9.17, 15) is 0 Å². The van der Waals surface area contributed by atoms with Crippen LogP contribution >= 0.6 is 0 Å². The van der Waals surface area contributed by atoms with Crippen molar-refractivity contribution in [3.8, 4) is 0 Å². The predicted molar refractivity (Wildman–Crippen MR) is 69.2 cm³/mol. The summed E-state index contributed by atoms with van der Waals surface area (Å²) in [6, 6.07) is 0.681. The molecule has 0 aromatic carbocycles. The lowest BCUT2D eigenvalue weighted by atomic mass is 10.1. The molecule has 0 bridgehead atoms. The SMILES string of the molecule is CC(CC1CC1)NCCCOCC1CCCO1. The molecule has 1 heterocycles. The lowest BCUT2D eigenvalue weighted by Gasteiger charge is -2.14. The topological polar surface area (TPSA) is 30.5 Å². The zero-order valence-corrected chi connectivity index (χ0v) is 11.1. The molecular formula is C14H27NO2. The fourth-order valence-corrected chi connectivity index (χ4v) is 2.45. The Labute approximate surface area is 105 Å². The average Bonchev–Trinajstić information content (AvgIpc) is 2.96. The molecule has 1 saturated heterocycles. The quantitative estimate of drug-likeness (QED) is 0.629. The molecule has 1 aliphatic heterocycles. The lowest BCUT2D eigenvalue weighted by Crippen LogP contribution is -2.28. The van der Waals surface area contributed by atoms with Crippen LogP contribution < -0.4 is 5.32 Å². The Morgan fingerprint density at radius 1 is 1.35 bits per heavy atom. The third-order valence-corrected chi connectivity index (χ3v) is 3.67. The highest BCUT2D eigenvalue weighted by Gasteiger charge is 2.23. The van der Waals surface area contributed by atoms with Gasteiger partial charge in [0.15, 0.2) is 0 Å². The molecule has 0 amide bonds. The van der Waals surface area contributed by atoms with E-state index in [-0.39, 0.29) is 0 Å². The molecule has 3 nitrogen and oxygen atoms in total. The highest BCUT2D eigenvalue weighted by molar-refractivity contribution is 4.77. The van der Waals surface area contributed by atoms with E-state index in [0.717, 1.165) is 38.7 Å². The fraction of sp³-hybridized carbons (Fsp3) is 1.00. The van der Waals surface area contributed by atoms with Crippen molar-refractivity contribution in [3.63, 3.8) is 0 Å². The van der Waals surface area contributed by atoms with Crippen LogP contribution in [0.4, 0.5) is 0 Å². The minimum absolute atomic E-state index is 0.372. The van der Waals surface area contributed by atoms with Crippen LogP contribution in [0.3, 0.4) is 0 Å². The Bertz CT molecular complexity index is 200. The van der Waals surface area contributed by atoms with Crippen molar-refractivity contribution in [2.45, 2.75) is 57.6 Å². The molecule has 1 N–H and O–H groups in total. The van der Waals surface area contributed by atoms with Gasteiger partial charge in [0.25, 0.3) is 0 Å². The summed E-state index contributed by atoms with van der Waals surface area (Å²) in [7, 11) is 0. The molecule has 1 aliphatic carbocycles. The number of hydrogen-bond acceptors (Lipinski definition) is 3. The van der Waals surface area contributed by atoms with Gasteiger partial charge in [0.05, 0.1) is 12.7 Å². The monoisotopic (exact) mass is 241 g/mol. The molecule has 17 heavy (non-hydrogen) atoms. The van der Waals surface area contributed by atoms with Gasteiger partial charge >= 0.3 is 0 Å². The Morgan fingerprint density at radius 3 is 2.94 bits per heavy atom. The maximum atomic E-state index is 5.63. The second kappa shape index (κ2) is 7.34. The summed E-state index contributed by atoms with van der Waals surface area (Å²) >= 11 is 0. The van der Waals surface area contributed by atoms with Gasteiger partial charge in [-0.1, -0.05) is 12.8 Å². The molecule has 2 atom stereocenters. The van der Waals surface area contributed by atoms with Crippen molar-refractivity contribution < 1.29 is 9.47 Å². The first-order valence-corrected chi connectivity index (χ1v) is 7.27. The summed E-state index contributed by atoms with van der Waals surface area (Å²) in [5.41, 5.74) is 0. The molecule has 2 aliphatic rings. The van der Waals surface area contributed by atoms with Gasteiger partial charge < -0.3 is 14.8 Å². The van der Waals surface area contributed by atoms with Gasteiger partial charge in [0.2, 0.25) is 0 Å². The van der Waals surface area contributed by atoms with E-state index in [1.807, 2.05) is 0 Å². The van der Waals surface area contributed by atoms with Gasteiger partial charge in [-0.05, 0) is 45.1 Å². The third kappa shape index (κ3) is 5.84. The maximum absolute atomic E-state index is 5.63. The van der Waals surface area contributed by atoms with Gasteiger partial charge in [-0.2, -0.15) is 0 Å². The molecule has 0 spiro atoms. The smallest absolute Gasteiger partial charge is 0.0809 e. The van der Waals surface area contributed by atoms with Crippen LogP contribution in [0, 0.1) is 5.92 Å². The standard InChI is InChI=1S/C14H27NO2/c1-12(10-13-5-6-13)15-7-3-8-16-11-14-4-2-9-17-14/h12-15H,2-11H2,1H3. The highest BCUT2D eigenvalue weighted by atomic mass is 16.5. The van der Waals surface area contributed by atoms with Crippen LogP contribution in [0.2, 0.25) is 0 Å². The fourth-order valence-electron chi connectivity index (χ4n) is 2.45. The van der Waals surface area contributed by atoms with Crippen LogP contribution in [-0.4, -0.2) is 38.5 Å². The van der Waals surface area contributed by atoms with E-state index < -0.39 is 0 Å². The van der Waals surface area contributed by atoms with Crippen molar-refractivity contribution in [3.05, 3.63) is 0 Å². The van der Waals surface area contributed by atoms with Crippen molar-refractivity contribution in [1.82, 2.24) is 5.32 Å². The first-order valence-electron chi connectivity index (χ1n) is 7.27. The van der Waals surface area contributed by atoms with E-state index in [1.54, 1.807) is 0 Å². The summed E-state index contributed by atoms with van der Waals surface area (Å²) < 4.78 is 11.1. The Hall–Kier alpha value is -0.120. The number of hydrogen-bond donors (Lipinski definition) is 1. The number of nitrogens with one attached hydrogen (secondary N) is 1. The van der Waals surface area contributed by atoms with Crippen LogP contribution in [0.15, 0.2) is 0 Å². The van der Waals surface area contributed by atoms with E-state index >= 15 is 0 Å². The zero-order valence-electron chi connectivity index (χ0n) is 11.1. The van der Waals surface area contributed by atoms with Crippen molar-refractivity contribution in [2.75, 3.05) is 26.4 Å². The van der Waals surface area contributed by atoms with Crippen LogP contribution in [0.25, 0.3) is 0 Å². The minimum Gasteiger partial charge on any atom is -0.379 e. The van der Waals surface area contributed by atoms with Gasteiger partial charge in [-0.25, -0.2) is 0 Å². The van der Waals surface area contributed by atoms with Crippen LogP contribution in [-0.2, 0) is 9.47 Å². The maximum Gasteiger partial charge on any atom is 0.0809 e. The highest BCUT2D eigenvalue weighted by Crippen LogP contribution is 2.33. The van der Waals surface area contributed by atoms with E-state index in [0.29, 0.717) is 12.1 Å². The zero-order chi connectivity index (χ0) is 11.9. The normalized spacial score (nSPS) is 26.3. The van der Waals surface area contributed by atoms with Crippen molar-refractivity contribution >= 4 is 0 Å². The first-order chi connectivity index (χ1) is 8.34. The predicted octanol–water partition coefficient (Wildman–Crippen LogP) is 2.35. The Kier molecular flexibility index (Phi) is 5.75. The molecule has 2 unspecified atom stereocenters. The van der Waals surface area contributed by atoms with Crippen LogP contribution in [0.1, 0.15) is 45.4 Å². The minimum atomic E-state index is 0.372. The summed E-state index contributed by atoms with van der Waals surface area (Å²) in [6.45, 7) is 5.96. The van der Waals surface area contributed by atoms with E-state index in [1.165, 1.54) is 32.1 Å². The van der Waals surface area contributed by atoms with Crippen LogP contribution in [0.5, 0.6) is 0 Å². The average molecular weight is 241 g/mol. The largest absolute Gasteiger partial charge is 0.379 e. The first kappa shape index (κ1) is 13.3. The molecule has 1 saturated carbocycles. The van der Waals surface area contributed by atoms with Crippen molar-refractivity contribution in [1.29, 1.82) is 0 Å². The van der Waals surface area contributed by atoms with Gasteiger partial charge in [-0.3, -0.25) is 0 Å². The number of rotatable bonds is 9. The second-order valence-electron chi connectivity index (χ2n) is 5.60. The van der Waals surface area contributed by atoms with E-state index in [2.05, 4.69) is 12.2 Å². The Morgan fingerprint density at radius 2 is 2.24 bits per heavy atom. The molecule has 3 heteroatoms. The lowest BCUT2D eigenvalue weighted by molar-refractivity contribution is 0.0165. The number of ether oxygens (including phenoxy) is 2. The molecule has 0 aromatic heterocycles. The Balaban J connectivity index is 1.35. The molecular weight excluding hydrogens is 214 g/mol. The second-order valence-corrected chi connectivity index (χ2v) is 5.60. The van der Waals surface area contributed by atoms with E-state index in [4.69, 9.17) is 9.47 Å². The van der Waals surface area contributed by atoms with Gasteiger partial charge in [0.1, 0.15) is 0 Å².